The molecule has 0 saturated carbocycles. The van der Waals surface area contributed by atoms with Crippen LogP contribution in [0.1, 0.15) is 30.3 Å². The van der Waals surface area contributed by atoms with E-state index in [1.165, 1.54) is 0 Å². The van der Waals surface area contributed by atoms with Crippen LogP contribution in [-0.2, 0) is 20.7 Å². The molecule has 26 heavy (non-hydrogen) atoms. The highest BCUT2D eigenvalue weighted by atomic mass is 16.5. The fourth-order valence-corrected chi connectivity index (χ4v) is 3.43. The smallest absolute Gasteiger partial charge is 0.224 e. The lowest BCUT2D eigenvalue weighted by molar-refractivity contribution is -0.125. The number of hydrogen-bond acceptors (Lipinski definition) is 4. The number of amides is 1. The van der Waals surface area contributed by atoms with Gasteiger partial charge in [-0.1, -0.05) is 18.2 Å². The number of para-hydroxylation sites is 1. The van der Waals surface area contributed by atoms with Crippen molar-refractivity contribution in [3.63, 3.8) is 0 Å². The molecule has 1 N–H and O–H groups in total. The molecule has 140 valence electrons. The van der Waals surface area contributed by atoms with Crippen molar-refractivity contribution in [1.82, 2.24) is 15.1 Å². The van der Waals surface area contributed by atoms with Crippen molar-refractivity contribution in [2.75, 3.05) is 19.8 Å². The molecule has 3 rings (SSSR count). The summed E-state index contributed by atoms with van der Waals surface area (Å²) in [6.07, 6.45) is 1.02. The molecule has 0 radical (unpaired) electrons. The van der Waals surface area contributed by atoms with Crippen LogP contribution in [0.3, 0.4) is 0 Å². The Hall–Kier alpha value is -2.18. The Bertz CT molecular complexity index is 740. The zero-order valence-electron chi connectivity index (χ0n) is 15.7. The Kier molecular flexibility index (Phi) is 6.06. The number of rotatable bonds is 6. The van der Waals surface area contributed by atoms with E-state index in [2.05, 4.69) is 10.4 Å². The SMILES string of the molecule is CCOC1COCCC1NC(=O)Cc1c(C)nn(-c2ccccc2)c1C. The number of carbonyl (C=O) groups excluding carboxylic acids is 1. The third-order valence-corrected chi connectivity index (χ3v) is 4.81. The number of carbonyl (C=O) groups is 1. The Labute approximate surface area is 154 Å². The van der Waals surface area contributed by atoms with Crippen LogP contribution < -0.4 is 5.32 Å². The molecule has 1 aliphatic rings. The summed E-state index contributed by atoms with van der Waals surface area (Å²) in [5, 5.41) is 7.74. The van der Waals surface area contributed by atoms with Crippen LogP contribution in [0.25, 0.3) is 5.69 Å². The lowest BCUT2D eigenvalue weighted by Gasteiger charge is -2.31. The molecular weight excluding hydrogens is 330 g/mol. The van der Waals surface area contributed by atoms with E-state index >= 15 is 0 Å². The Morgan fingerprint density at radius 1 is 1.35 bits per heavy atom. The van der Waals surface area contributed by atoms with E-state index in [9.17, 15) is 4.79 Å². The van der Waals surface area contributed by atoms with Crippen molar-refractivity contribution in [2.45, 2.75) is 45.8 Å². The molecule has 0 bridgehead atoms. The molecule has 2 heterocycles. The maximum atomic E-state index is 12.6. The molecule has 1 aliphatic heterocycles. The van der Waals surface area contributed by atoms with Crippen molar-refractivity contribution in [3.05, 3.63) is 47.3 Å². The van der Waals surface area contributed by atoms with Crippen molar-refractivity contribution in [1.29, 1.82) is 0 Å². The van der Waals surface area contributed by atoms with E-state index < -0.39 is 0 Å². The number of benzene rings is 1. The molecule has 2 aromatic rings. The zero-order chi connectivity index (χ0) is 18.5. The maximum Gasteiger partial charge on any atom is 0.224 e. The average molecular weight is 357 g/mol. The Morgan fingerprint density at radius 2 is 2.12 bits per heavy atom. The first-order chi connectivity index (χ1) is 12.6. The van der Waals surface area contributed by atoms with Gasteiger partial charge in [-0.05, 0) is 39.3 Å². The van der Waals surface area contributed by atoms with Crippen LogP contribution in [0.2, 0.25) is 0 Å². The summed E-state index contributed by atoms with van der Waals surface area (Å²) >= 11 is 0. The second-order valence-corrected chi connectivity index (χ2v) is 6.60. The van der Waals surface area contributed by atoms with Crippen molar-refractivity contribution >= 4 is 5.91 Å². The minimum Gasteiger partial charge on any atom is -0.379 e. The fourth-order valence-electron chi connectivity index (χ4n) is 3.43. The first-order valence-electron chi connectivity index (χ1n) is 9.19. The lowest BCUT2D eigenvalue weighted by Crippen LogP contribution is -2.50. The molecule has 0 spiro atoms. The van der Waals surface area contributed by atoms with Gasteiger partial charge in [0.25, 0.3) is 0 Å². The first-order valence-corrected chi connectivity index (χ1v) is 9.19. The molecule has 2 unspecified atom stereocenters. The summed E-state index contributed by atoms with van der Waals surface area (Å²) < 4.78 is 13.1. The first kappa shape index (κ1) is 18.6. The minimum absolute atomic E-state index is 0.000384. The number of aromatic nitrogens is 2. The molecule has 1 aromatic carbocycles. The van der Waals surface area contributed by atoms with Gasteiger partial charge in [-0.2, -0.15) is 5.10 Å². The van der Waals surface area contributed by atoms with Crippen LogP contribution in [-0.4, -0.2) is 47.7 Å². The normalized spacial score (nSPS) is 20.1. The van der Waals surface area contributed by atoms with E-state index in [1.807, 2.05) is 55.8 Å². The highest BCUT2D eigenvalue weighted by molar-refractivity contribution is 5.79. The molecular formula is C20H27N3O3. The maximum absolute atomic E-state index is 12.6. The number of nitrogens with one attached hydrogen (secondary N) is 1. The van der Waals surface area contributed by atoms with E-state index in [4.69, 9.17) is 9.47 Å². The second kappa shape index (κ2) is 8.47. The summed E-state index contributed by atoms with van der Waals surface area (Å²) in [5.41, 5.74) is 3.86. The monoisotopic (exact) mass is 357 g/mol. The van der Waals surface area contributed by atoms with Gasteiger partial charge in [-0.25, -0.2) is 4.68 Å². The minimum atomic E-state index is -0.0769. The van der Waals surface area contributed by atoms with E-state index in [1.54, 1.807) is 0 Å². The number of hydrogen-bond donors (Lipinski definition) is 1. The molecule has 6 nitrogen and oxygen atoms in total. The number of aryl methyl sites for hydroxylation is 1. The van der Waals surface area contributed by atoms with Crippen molar-refractivity contribution in [3.8, 4) is 5.69 Å². The summed E-state index contributed by atoms with van der Waals surface area (Å²) in [5.74, 6) is 0.000384. The van der Waals surface area contributed by atoms with Gasteiger partial charge in [0.15, 0.2) is 0 Å². The van der Waals surface area contributed by atoms with E-state index in [-0.39, 0.29) is 18.1 Å². The highest BCUT2D eigenvalue weighted by Gasteiger charge is 2.28. The van der Waals surface area contributed by atoms with E-state index in [0.717, 1.165) is 29.1 Å². The quantitative estimate of drug-likeness (QED) is 0.862. The Morgan fingerprint density at radius 3 is 2.85 bits per heavy atom. The molecule has 1 saturated heterocycles. The molecule has 1 fully saturated rings. The van der Waals surface area contributed by atoms with Crippen LogP contribution in [0.4, 0.5) is 0 Å². The van der Waals surface area contributed by atoms with Crippen LogP contribution in [0.5, 0.6) is 0 Å². The van der Waals surface area contributed by atoms with Gasteiger partial charge in [-0.3, -0.25) is 4.79 Å². The van der Waals surface area contributed by atoms with Gasteiger partial charge in [0.2, 0.25) is 5.91 Å². The Balaban J connectivity index is 1.70. The molecule has 1 aromatic heterocycles. The third kappa shape index (κ3) is 4.14. The van der Waals surface area contributed by atoms with Crippen LogP contribution in [0, 0.1) is 13.8 Å². The van der Waals surface area contributed by atoms with Gasteiger partial charge in [-0.15, -0.1) is 0 Å². The summed E-state index contributed by atoms with van der Waals surface area (Å²) in [4.78, 5) is 12.6. The zero-order valence-corrected chi connectivity index (χ0v) is 15.7. The molecule has 1 amide bonds. The predicted molar refractivity (Wildman–Crippen MR) is 99.5 cm³/mol. The largest absolute Gasteiger partial charge is 0.379 e. The summed E-state index contributed by atoms with van der Waals surface area (Å²) in [7, 11) is 0. The number of nitrogens with zero attached hydrogens (tertiary/aromatic N) is 2. The lowest BCUT2D eigenvalue weighted by atomic mass is 10.0. The number of ether oxygens (including phenoxy) is 2. The molecule has 0 aliphatic carbocycles. The van der Waals surface area contributed by atoms with Gasteiger partial charge in [0.05, 0.1) is 30.5 Å². The fraction of sp³-hybridized carbons (Fsp3) is 0.500. The van der Waals surface area contributed by atoms with Gasteiger partial charge >= 0.3 is 0 Å². The van der Waals surface area contributed by atoms with Gasteiger partial charge in [0, 0.05) is 24.5 Å². The average Bonchev–Trinajstić information content (AvgIpc) is 2.92. The summed E-state index contributed by atoms with van der Waals surface area (Å²) in [6, 6.07) is 9.97. The molecule has 6 heteroatoms. The van der Waals surface area contributed by atoms with Crippen molar-refractivity contribution in [2.24, 2.45) is 0 Å². The van der Waals surface area contributed by atoms with Crippen molar-refractivity contribution < 1.29 is 14.3 Å². The standard InChI is InChI=1S/C20H27N3O3/c1-4-26-19-13-25-11-10-18(19)21-20(24)12-17-14(2)22-23(15(17)3)16-8-6-5-7-9-16/h5-9,18-19H,4,10-13H2,1-3H3,(H,21,24). The second-order valence-electron chi connectivity index (χ2n) is 6.60. The summed E-state index contributed by atoms with van der Waals surface area (Å²) in [6.45, 7) is 7.71. The topological polar surface area (TPSA) is 65.4 Å². The van der Waals surface area contributed by atoms with Crippen LogP contribution in [0.15, 0.2) is 30.3 Å². The van der Waals surface area contributed by atoms with E-state index in [0.29, 0.717) is 26.2 Å². The highest BCUT2D eigenvalue weighted by Crippen LogP contribution is 2.19. The van der Waals surface area contributed by atoms with Gasteiger partial charge in [0.1, 0.15) is 6.10 Å². The van der Waals surface area contributed by atoms with Gasteiger partial charge < -0.3 is 14.8 Å². The third-order valence-electron chi connectivity index (χ3n) is 4.81. The predicted octanol–water partition coefficient (Wildman–Crippen LogP) is 2.34. The van der Waals surface area contributed by atoms with Crippen LogP contribution >= 0.6 is 0 Å². The molecule has 2 atom stereocenters.